The topological polar surface area (TPSA) is 85.7 Å². The summed E-state index contributed by atoms with van der Waals surface area (Å²) in [5.41, 5.74) is -1.63. The zero-order valence-electron chi connectivity index (χ0n) is 17.9. The van der Waals surface area contributed by atoms with Crippen LogP contribution in [0.3, 0.4) is 0 Å². The number of pyridine rings is 1. The van der Waals surface area contributed by atoms with E-state index < -0.39 is 53.0 Å². The van der Waals surface area contributed by atoms with Gasteiger partial charge in [-0.3, -0.25) is 9.59 Å². The number of ether oxygens (including phenoxy) is 2. The molecule has 32 heavy (non-hydrogen) atoms. The van der Waals surface area contributed by atoms with Gasteiger partial charge in [-0.15, -0.1) is 0 Å². The number of rotatable bonds is 8. The molecule has 0 aliphatic carbocycles. The van der Waals surface area contributed by atoms with Crippen LogP contribution in [-0.2, 0) is 15.7 Å². The number of halogens is 4. The van der Waals surface area contributed by atoms with Gasteiger partial charge in [0.05, 0.1) is 18.6 Å². The molecule has 0 amide bonds. The van der Waals surface area contributed by atoms with Crippen LogP contribution in [0.15, 0.2) is 30.5 Å². The first-order chi connectivity index (χ1) is 14.9. The van der Waals surface area contributed by atoms with E-state index in [0.717, 1.165) is 12.1 Å². The molecule has 0 unspecified atom stereocenters. The van der Waals surface area contributed by atoms with Crippen LogP contribution in [0, 0.1) is 11.7 Å². The lowest BCUT2D eigenvalue weighted by molar-refractivity contribution is -0.153. The molecule has 1 aromatic carbocycles. The fourth-order valence-corrected chi connectivity index (χ4v) is 3.09. The molecule has 174 valence electrons. The summed E-state index contributed by atoms with van der Waals surface area (Å²) >= 11 is 0. The summed E-state index contributed by atoms with van der Waals surface area (Å²) in [6.07, 6.45) is -4.85. The first-order valence-electron chi connectivity index (χ1n) is 9.69. The smallest absolute Gasteiger partial charge is 0.416 e. The molecule has 0 aliphatic rings. The summed E-state index contributed by atoms with van der Waals surface area (Å²) in [7, 11) is 1.30. The number of aromatic nitrogens is 1. The molecular weight excluding hydrogens is 434 g/mol. The van der Waals surface area contributed by atoms with Crippen LogP contribution in [0.25, 0.3) is 0 Å². The van der Waals surface area contributed by atoms with Crippen molar-refractivity contribution in [3.05, 3.63) is 53.1 Å². The number of Topliss-reactive ketones (excluding diaryl/α,β-unsaturated/α-hetero) is 1. The zero-order chi connectivity index (χ0) is 24.2. The molecule has 2 rings (SSSR count). The number of carbonyl (C=O) groups is 2. The number of ketones is 1. The van der Waals surface area contributed by atoms with E-state index in [2.05, 4.69) is 4.98 Å². The standard InChI is InChI=1S/C22H23F4NO5/c1-11(9-17(28)19-20(29)18(31-4)7-8-27-19)21(30)32-13(3)12(2)15-6-5-14(23)10-16(15)22(24,25)26/h5-8,10-13,29H,9H2,1-4H3/t11-,12+,13-/m1/s1. The minimum absolute atomic E-state index is 0.0424. The molecule has 0 fully saturated rings. The van der Waals surface area contributed by atoms with Crippen LogP contribution in [0.1, 0.15) is 54.7 Å². The van der Waals surface area contributed by atoms with E-state index in [9.17, 15) is 32.3 Å². The molecule has 0 aliphatic heterocycles. The summed E-state index contributed by atoms with van der Waals surface area (Å²) in [5.74, 6) is -4.75. The first-order valence-corrected chi connectivity index (χ1v) is 9.69. The molecule has 1 N–H and O–H groups in total. The van der Waals surface area contributed by atoms with Gasteiger partial charge in [0.2, 0.25) is 0 Å². The van der Waals surface area contributed by atoms with Crippen LogP contribution < -0.4 is 4.74 Å². The third-order valence-corrected chi connectivity index (χ3v) is 5.08. The maximum absolute atomic E-state index is 13.3. The predicted molar refractivity (Wildman–Crippen MR) is 106 cm³/mol. The molecule has 0 radical (unpaired) electrons. The van der Waals surface area contributed by atoms with E-state index in [-0.39, 0.29) is 23.4 Å². The van der Waals surface area contributed by atoms with E-state index in [4.69, 9.17) is 9.47 Å². The molecule has 10 heteroatoms. The summed E-state index contributed by atoms with van der Waals surface area (Å²) in [6, 6.07) is 3.68. The summed E-state index contributed by atoms with van der Waals surface area (Å²) in [5, 5.41) is 10.0. The molecule has 6 nitrogen and oxygen atoms in total. The van der Waals surface area contributed by atoms with E-state index in [1.165, 1.54) is 40.1 Å². The van der Waals surface area contributed by atoms with Crippen LogP contribution in [-0.4, -0.2) is 35.1 Å². The van der Waals surface area contributed by atoms with E-state index in [1.54, 1.807) is 0 Å². The van der Waals surface area contributed by atoms with Gasteiger partial charge in [-0.25, -0.2) is 9.37 Å². The lowest BCUT2D eigenvalue weighted by Gasteiger charge is -2.25. The third-order valence-electron chi connectivity index (χ3n) is 5.08. The van der Waals surface area contributed by atoms with Gasteiger partial charge in [0.1, 0.15) is 11.9 Å². The molecule has 0 saturated heterocycles. The van der Waals surface area contributed by atoms with E-state index >= 15 is 0 Å². The van der Waals surface area contributed by atoms with Crippen molar-refractivity contribution >= 4 is 11.8 Å². The number of methoxy groups -OCH3 is 1. The van der Waals surface area contributed by atoms with Crippen molar-refractivity contribution in [2.45, 2.75) is 45.4 Å². The highest BCUT2D eigenvalue weighted by Gasteiger charge is 2.36. The summed E-state index contributed by atoms with van der Waals surface area (Å²) < 4.78 is 63.4. The SMILES string of the molecule is COc1ccnc(C(=O)C[C@@H](C)C(=O)O[C@H](C)[C@H](C)c2ccc(F)cc2C(F)(F)F)c1O. The Hall–Kier alpha value is -3.17. The summed E-state index contributed by atoms with van der Waals surface area (Å²) in [4.78, 5) is 28.7. The maximum Gasteiger partial charge on any atom is 0.416 e. The quantitative estimate of drug-likeness (QED) is 0.345. The number of aromatic hydroxyl groups is 1. The zero-order valence-corrected chi connectivity index (χ0v) is 17.9. The van der Waals surface area contributed by atoms with Crippen molar-refractivity contribution in [2.24, 2.45) is 5.92 Å². The van der Waals surface area contributed by atoms with Crippen LogP contribution in [0.2, 0.25) is 0 Å². The Labute approximate surface area is 182 Å². The van der Waals surface area contributed by atoms with E-state index in [1.807, 2.05) is 0 Å². The van der Waals surface area contributed by atoms with Gasteiger partial charge < -0.3 is 14.6 Å². The molecule has 2 aromatic rings. The number of hydrogen-bond donors (Lipinski definition) is 1. The van der Waals surface area contributed by atoms with Crippen LogP contribution in [0.5, 0.6) is 11.5 Å². The maximum atomic E-state index is 13.3. The van der Waals surface area contributed by atoms with Crippen molar-refractivity contribution in [2.75, 3.05) is 7.11 Å². The van der Waals surface area contributed by atoms with Gasteiger partial charge in [-0.2, -0.15) is 13.2 Å². The molecular formula is C22H23F4NO5. The van der Waals surface area contributed by atoms with Crippen molar-refractivity contribution in [1.82, 2.24) is 4.98 Å². The molecule has 1 heterocycles. The minimum Gasteiger partial charge on any atom is -0.503 e. The number of benzene rings is 1. The fourth-order valence-electron chi connectivity index (χ4n) is 3.09. The fraction of sp³-hybridized carbons (Fsp3) is 0.409. The predicted octanol–water partition coefficient (Wildman–Crippen LogP) is 4.90. The Morgan fingerprint density at radius 3 is 2.41 bits per heavy atom. The molecule has 0 spiro atoms. The van der Waals surface area contributed by atoms with Gasteiger partial charge in [0.25, 0.3) is 0 Å². The average Bonchev–Trinajstić information content (AvgIpc) is 2.72. The monoisotopic (exact) mass is 457 g/mol. The Morgan fingerprint density at radius 2 is 1.81 bits per heavy atom. The minimum atomic E-state index is -4.78. The molecule has 3 atom stereocenters. The van der Waals surface area contributed by atoms with Crippen molar-refractivity contribution in [3.8, 4) is 11.5 Å². The lowest BCUT2D eigenvalue weighted by atomic mass is 9.91. The van der Waals surface area contributed by atoms with E-state index in [0.29, 0.717) is 6.07 Å². The highest BCUT2D eigenvalue weighted by molar-refractivity contribution is 5.99. The Balaban J connectivity index is 2.10. The Kier molecular flexibility index (Phi) is 7.82. The second-order valence-electron chi connectivity index (χ2n) is 7.40. The number of esters is 1. The number of carbonyl (C=O) groups excluding carboxylic acids is 2. The van der Waals surface area contributed by atoms with Gasteiger partial charge >= 0.3 is 12.1 Å². The third kappa shape index (κ3) is 5.74. The van der Waals surface area contributed by atoms with Gasteiger partial charge in [0, 0.05) is 24.6 Å². The number of hydrogen-bond acceptors (Lipinski definition) is 6. The number of nitrogens with zero attached hydrogens (tertiary/aromatic N) is 1. The van der Waals surface area contributed by atoms with Crippen molar-refractivity contribution < 1.29 is 41.7 Å². The number of alkyl halides is 3. The highest BCUT2D eigenvalue weighted by Crippen LogP contribution is 2.37. The molecule has 0 bridgehead atoms. The normalized spacial score (nSPS) is 14.4. The molecule has 0 saturated carbocycles. The molecule has 1 aromatic heterocycles. The van der Waals surface area contributed by atoms with Gasteiger partial charge in [-0.1, -0.05) is 19.9 Å². The second-order valence-corrected chi connectivity index (χ2v) is 7.40. The van der Waals surface area contributed by atoms with Gasteiger partial charge in [-0.05, 0) is 24.6 Å². The second kappa shape index (κ2) is 9.97. The van der Waals surface area contributed by atoms with Crippen molar-refractivity contribution in [1.29, 1.82) is 0 Å². The average molecular weight is 457 g/mol. The Bertz CT molecular complexity index is 993. The largest absolute Gasteiger partial charge is 0.503 e. The van der Waals surface area contributed by atoms with Crippen LogP contribution in [0.4, 0.5) is 17.6 Å². The Morgan fingerprint density at radius 1 is 1.16 bits per heavy atom. The summed E-state index contributed by atoms with van der Waals surface area (Å²) in [6.45, 7) is 4.25. The first kappa shape index (κ1) is 25.1. The highest BCUT2D eigenvalue weighted by atomic mass is 19.4. The van der Waals surface area contributed by atoms with Crippen molar-refractivity contribution in [3.63, 3.8) is 0 Å². The van der Waals surface area contributed by atoms with Crippen LogP contribution >= 0.6 is 0 Å². The lowest BCUT2D eigenvalue weighted by Crippen LogP contribution is -2.27. The van der Waals surface area contributed by atoms with Gasteiger partial charge in [0.15, 0.2) is 23.0 Å².